The van der Waals surface area contributed by atoms with Gasteiger partial charge in [0.25, 0.3) is 0 Å². The summed E-state index contributed by atoms with van der Waals surface area (Å²) < 4.78 is 6.16. The van der Waals surface area contributed by atoms with Crippen LogP contribution in [0.1, 0.15) is 12.5 Å². The van der Waals surface area contributed by atoms with E-state index in [-0.39, 0.29) is 5.91 Å². The zero-order valence-electron chi connectivity index (χ0n) is 10.7. The summed E-state index contributed by atoms with van der Waals surface area (Å²) >= 11 is 3.39. The number of nitrogens with one attached hydrogen (secondary N) is 1. The van der Waals surface area contributed by atoms with Crippen LogP contribution >= 0.6 is 15.9 Å². The quantitative estimate of drug-likeness (QED) is 0.840. The molecule has 0 heterocycles. The minimum absolute atomic E-state index is 0.0216. The van der Waals surface area contributed by atoms with Gasteiger partial charge in [-0.1, -0.05) is 22.9 Å². The molecule has 1 atom stereocenters. The third-order valence-electron chi connectivity index (χ3n) is 2.64. The SMILES string of the molecule is COc1ccc(Br)cc1CC(=O)NCC(C)CN. The molecule has 0 saturated heterocycles. The predicted octanol–water partition coefficient (Wildman–Crippen LogP) is 1.71. The number of hydrogen-bond donors (Lipinski definition) is 2. The second-order valence-corrected chi connectivity index (χ2v) is 5.19. The summed E-state index contributed by atoms with van der Waals surface area (Å²) in [6.07, 6.45) is 0.305. The van der Waals surface area contributed by atoms with E-state index in [2.05, 4.69) is 21.2 Å². The molecular formula is C13H19BrN2O2. The fourth-order valence-corrected chi connectivity index (χ4v) is 1.90. The molecule has 0 bridgehead atoms. The lowest BCUT2D eigenvalue weighted by Crippen LogP contribution is -2.32. The minimum atomic E-state index is -0.0216. The van der Waals surface area contributed by atoms with Gasteiger partial charge in [0.2, 0.25) is 5.91 Å². The lowest BCUT2D eigenvalue weighted by molar-refractivity contribution is -0.120. The molecule has 0 aliphatic heterocycles. The highest BCUT2D eigenvalue weighted by atomic mass is 79.9. The van der Waals surface area contributed by atoms with Gasteiger partial charge < -0.3 is 15.8 Å². The monoisotopic (exact) mass is 314 g/mol. The Balaban J connectivity index is 2.61. The first kappa shape index (κ1) is 15.0. The highest BCUT2D eigenvalue weighted by Crippen LogP contribution is 2.23. The van der Waals surface area contributed by atoms with Crippen LogP contribution in [0, 0.1) is 5.92 Å². The second-order valence-electron chi connectivity index (χ2n) is 4.28. The normalized spacial score (nSPS) is 12.0. The molecule has 3 N–H and O–H groups in total. The van der Waals surface area contributed by atoms with Crippen molar-refractivity contribution >= 4 is 21.8 Å². The molecule has 0 spiro atoms. The zero-order valence-corrected chi connectivity index (χ0v) is 12.3. The maximum Gasteiger partial charge on any atom is 0.224 e. The first-order chi connectivity index (χ1) is 8.56. The molecule has 0 aliphatic rings. The van der Waals surface area contributed by atoms with Gasteiger partial charge in [0.05, 0.1) is 13.5 Å². The number of methoxy groups -OCH3 is 1. The van der Waals surface area contributed by atoms with Crippen LogP contribution in [-0.2, 0) is 11.2 Å². The van der Waals surface area contributed by atoms with Crippen LogP contribution in [0.15, 0.2) is 22.7 Å². The van der Waals surface area contributed by atoms with E-state index in [0.717, 1.165) is 15.8 Å². The summed E-state index contributed by atoms with van der Waals surface area (Å²) in [7, 11) is 1.60. The summed E-state index contributed by atoms with van der Waals surface area (Å²) in [4.78, 5) is 11.8. The zero-order chi connectivity index (χ0) is 13.5. The summed E-state index contributed by atoms with van der Waals surface area (Å²) in [6.45, 7) is 3.17. The molecule has 18 heavy (non-hydrogen) atoms. The van der Waals surface area contributed by atoms with Gasteiger partial charge in [-0.2, -0.15) is 0 Å². The standard InChI is InChI=1S/C13H19BrN2O2/c1-9(7-15)8-16-13(17)6-10-5-11(14)3-4-12(10)18-2/h3-5,9H,6-8,15H2,1-2H3,(H,16,17). The van der Waals surface area contributed by atoms with Crippen molar-refractivity contribution in [3.05, 3.63) is 28.2 Å². The van der Waals surface area contributed by atoms with E-state index >= 15 is 0 Å². The molecule has 0 saturated carbocycles. The van der Waals surface area contributed by atoms with Gasteiger partial charge in [-0.3, -0.25) is 4.79 Å². The lowest BCUT2D eigenvalue weighted by atomic mass is 10.1. The third kappa shape index (κ3) is 4.66. The Labute approximate surface area is 116 Å². The molecule has 0 fully saturated rings. The number of carbonyl (C=O) groups is 1. The Hall–Kier alpha value is -1.07. The Morgan fingerprint density at radius 3 is 2.89 bits per heavy atom. The Kier molecular flexibility index (Phi) is 6.15. The van der Waals surface area contributed by atoms with E-state index < -0.39 is 0 Å². The van der Waals surface area contributed by atoms with Crippen LogP contribution < -0.4 is 15.8 Å². The molecule has 1 aromatic carbocycles. The maximum atomic E-state index is 11.8. The molecule has 1 rings (SSSR count). The van der Waals surface area contributed by atoms with Gasteiger partial charge in [-0.15, -0.1) is 0 Å². The van der Waals surface area contributed by atoms with Gasteiger partial charge in [-0.25, -0.2) is 0 Å². The average molecular weight is 315 g/mol. The molecule has 5 heteroatoms. The number of hydrogen-bond acceptors (Lipinski definition) is 3. The Morgan fingerprint density at radius 2 is 2.28 bits per heavy atom. The van der Waals surface area contributed by atoms with Gasteiger partial charge in [0.15, 0.2) is 0 Å². The number of ether oxygens (including phenoxy) is 1. The lowest BCUT2D eigenvalue weighted by Gasteiger charge is -2.12. The minimum Gasteiger partial charge on any atom is -0.496 e. The van der Waals surface area contributed by atoms with E-state index in [1.807, 2.05) is 25.1 Å². The van der Waals surface area contributed by atoms with Crippen LogP contribution in [0.25, 0.3) is 0 Å². The highest BCUT2D eigenvalue weighted by molar-refractivity contribution is 9.10. The van der Waals surface area contributed by atoms with Crippen LogP contribution in [0.5, 0.6) is 5.75 Å². The van der Waals surface area contributed by atoms with E-state index in [1.165, 1.54) is 0 Å². The largest absolute Gasteiger partial charge is 0.496 e. The molecule has 0 aliphatic carbocycles. The number of nitrogens with two attached hydrogens (primary N) is 1. The van der Waals surface area contributed by atoms with Crippen molar-refractivity contribution in [1.82, 2.24) is 5.32 Å². The summed E-state index contributed by atoms with van der Waals surface area (Å²) in [5.41, 5.74) is 6.36. The average Bonchev–Trinajstić information content (AvgIpc) is 2.36. The van der Waals surface area contributed by atoms with Crippen molar-refractivity contribution in [3.63, 3.8) is 0 Å². The molecular weight excluding hydrogens is 296 g/mol. The van der Waals surface area contributed by atoms with Crippen LogP contribution in [-0.4, -0.2) is 26.1 Å². The third-order valence-corrected chi connectivity index (χ3v) is 3.14. The van der Waals surface area contributed by atoms with Crippen molar-refractivity contribution in [2.24, 2.45) is 11.7 Å². The van der Waals surface area contributed by atoms with E-state index in [0.29, 0.717) is 25.4 Å². The van der Waals surface area contributed by atoms with Crippen molar-refractivity contribution in [1.29, 1.82) is 0 Å². The predicted molar refractivity (Wildman–Crippen MR) is 75.6 cm³/mol. The fraction of sp³-hybridized carbons (Fsp3) is 0.462. The van der Waals surface area contributed by atoms with E-state index in [9.17, 15) is 4.79 Å². The molecule has 0 radical (unpaired) electrons. The number of halogens is 1. The Morgan fingerprint density at radius 1 is 1.56 bits per heavy atom. The van der Waals surface area contributed by atoms with E-state index in [4.69, 9.17) is 10.5 Å². The van der Waals surface area contributed by atoms with E-state index in [1.54, 1.807) is 7.11 Å². The summed E-state index contributed by atoms with van der Waals surface area (Å²) in [5, 5.41) is 2.86. The van der Waals surface area contributed by atoms with Gasteiger partial charge in [-0.05, 0) is 30.7 Å². The molecule has 1 aromatic rings. The topological polar surface area (TPSA) is 64.3 Å². The van der Waals surface area contributed by atoms with Crippen molar-refractivity contribution < 1.29 is 9.53 Å². The number of rotatable bonds is 6. The maximum absolute atomic E-state index is 11.8. The van der Waals surface area contributed by atoms with Crippen LogP contribution in [0.2, 0.25) is 0 Å². The van der Waals surface area contributed by atoms with Crippen molar-refractivity contribution in [2.75, 3.05) is 20.2 Å². The first-order valence-corrected chi connectivity index (χ1v) is 6.65. The van der Waals surface area contributed by atoms with Crippen LogP contribution in [0.3, 0.4) is 0 Å². The van der Waals surface area contributed by atoms with Crippen LogP contribution in [0.4, 0.5) is 0 Å². The molecule has 4 nitrogen and oxygen atoms in total. The smallest absolute Gasteiger partial charge is 0.224 e. The molecule has 100 valence electrons. The Bertz CT molecular complexity index is 410. The number of carbonyl (C=O) groups excluding carboxylic acids is 1. The molecule has 1 amide bonds. The van der Waals surface area contributed by atoms with Gasteiger partial charge in [0, 0.05) is 16.6 Å². The number of amides is 1. The van der Waals surface area contributed by atoms with Crippen molar-refractivity contribution in [2.45, 2.75) is 13.3 Å². The van der Waals surface area contributed by atoms with Gasteiger partial charge in [0.1, 0.15) is 5.75 Å². The highest BCUT2D eigenvalue weighted by Gasteiger charge is 2.10. The second kappa shape index (κ2) is 7.38. The fourth-order valence-electron chi connectivity index (χ4n) is 1.49. The summed E-state index contributed by atoms with van der Waals surface area (Å²) in [5.74, 6) is 0.991. The number of benzene rings is 1. The first-order valence-electron chi connectivity index (χ1n) is 5.86. The summed E-state index contributed by atoms with van der Waals surface area (Å²) in [6, 6.07) is 5.62. The molecule has 0 aromatic heterocycles. The molecule has 1 unspecified atom stereocenters. The van der Waals surface area contributed by atoms with Crippen molar-refractivity contribution in [3.8, 4) is 5.75 Å². The van der Waals surface area contributed by atoms with Gasteiger partial charge >= 0.3 is 0 Å².